The van der Waals surface area contributed by atoms with E-state index in [0.717, 1.165) is 31.0 Å². The third kappa shape index (κ3) is 3.25. The Morgan fingerprint density at radius 3 is 2.71 bits per heavy atom. The largest absolute Gasteiger partial charge is 0.341 e. The van der Waals surface area contributed by atoms with Crippen LogP contribution in [0.15, 0.2) is 41.2 Å². The fourth-order valence-corrected chi connectivity index (χ4v) is 4.87. The van der Waals surface area contributed by atoms with Crippen LogP contribution in [0.3, 0.4) is 0 Å². The second kappa shape index (κ2) is 7.49. The highest BCUT2D eigenvalue weighted by molar-refractivity contribution is 5.79. The van der Waals surface area contributed by atoms with Crippen molar-refractivity contribution in [1.82, 2.24) is 9.47 Å². The molecule has 28 heavy (non-hydrogen) atoms. The molecular weight excluding hydrogens is 362 g/mol. The molecule has 4 rings (SSSR count). The van der Waals surface area contributed by atoms with Crippen molar-refractivity contribution in [3.8, 4) is 0 Å². The zero-order valence-electron chi connectivity index (χ0n) is 15.9. The Hall–Kier alpha value is -2.50. The second-order valence-electron chi connectivity index (χ2n) is 7.90. The quantitative estimate of drug-likeness (QED) is 0.805. The van der Waals surface area contributed by atoms with Crippen molar-refractivity contribution in [2.45, 2.75) is 44.6 Å². The van der Waals surface area contributed by atoms with E-state index in [1.165, 1.54) is 12.1 Å². The summed E-state index contributed by atoms with van der Waals surface area (Å²) >= 11 is 0. The number of fused-ring (bicyclic) bond motifs is 4. The molecule has 2 aliphatic rings. The Labute approximate surface area is 162 Å². The number of carbonyl (C=O) groups excluding carboxylic acids is 1. The third-order valence-corrected chi connectivity index (χ3v) is 6.11. The zero-order chi connectivity index (χ0) is 19.8. The number of piperidine rings is 1. The summed E-state index contributed by atoms with van der Waals surface area (Å²) in [5.74, 6) is -1.78. The second-order valence-corrected chi connectivity index (χ2v) is 7.90. The summed E-state index contributed by atoms with van der Waals surface area (Å²) in [4.78, 5) is 27.2. The first-order valence-electron chi connectivity index (χ1n) is 9.91. The van der Waals surface area contributed by atoms with Gasteiger partial charge in [-0.05, 0) is 30.9 Å². The van der Waals surface area contributed by atoms with Gasteiger partial charge in [0.15, 0.2) is 11.6 Å². The van der Waals surface area contributed by atoms with Gasteiger partial charge in [0.1, 0.15) is 0 Å². The van der Waals surface area contributed by atoms with Crippen LogP contribution in [-0.2, 0) is 11.2 Å². The van der Waals surface area contributed by atoms with E-state index < -0.39 is 11.6 Å². The van der Waals surface area contributed by atoms with Crippen molar-refractivity contribution >= 4 is 5.91 Å². The minimum Gasteiger partial charge on any atom is -0.341 e. The molecule has 1 aromatic carbocycles. The average molecular weight is 386 g/mol. The monoisotopic (exact) mass is 386 g/mol. The number of rotatable bonds is 4. The molecule has 1 aromatic heterocycles. The number of aromatic nitrogens is 1. The summed E-state index contributed by atoms with van der Waals surface area (Å²) in [6, 6.07) is 9.36. The Bertz CT molecular complexity index is 956. The van der Waals surface area contributed by atoms with Crippen LogP contribution >= 0.6 is 0 Å². The summed E-state index contributed by atoms with van der Waals surface area (Å²) in [7, 11) is 0. The van der Waals surface area contributed by atoms with Crippen molar-refractivity contribution in [1.29, 1.82) is 0 Å². The maximum absolute atomic E-state index is 14.0. The Morgan fingerprint density at radius 1 is 1.14 bits per heavy atom. The first kappa shape index (κ1) is 18.8. The molecule has 0 radical (unpaired) electrons. The van der Waals surface area contributed by atoms with E-state index in [4.69, 9.17) is 0 Å². The highest BCUT2D eigenvalue weighted by Crippen LogP contribution is 2.42. The lowest BCUT2D eigenvalue weighted by molar-refractivity contribution is -0.133. The van der Waals surface area contributed by atoms with E-state index in [0.29, 0.717) is 13.1 Å². The summed E-state index contributed by atoms with van der Waals surface area (Å²) in [5.41, 5.74) is 1.09. The maximum atomic E-state index is 14.0. The molecule has 6 heteroatoms. The number of nitrogens with zero attached hydrogens (tertiary/aromatic N) is 2. The third-order valence-electron chi connectivity index (χ3n) is 6.11. The van der Waals surface area contributed by atoms with Gasteiger partial charge in [-0.3, -0.25) is 9.59 Å². The standard InChI is InChI=1S/C22H24F2N2O2/c1-2-5-18-15-10-16(19-8-4-9-20(27)26(18)19)13-25(12-15)21(28)11-14-6-3-7-17(23)22(14)24/h3-4,6-9,15-16,18H,2,5,10-13H2,1H3/t15-,16+,18-/m0/s1. The Balaban J connectivity index is 1.61. The van der Waals surface area contributed by atoms with E-state index in [2.05, 4.69) is 6.92 Å². The Morgan fingerprint density at radius 2 is 1.93 bits per heavy atom. The molecule has 0 spiro atoms. The molecular formula is C22H24F2N2O2. The number of hydrogen-bond acceptors (Lipinski definition) is 2. The molecule has 2 aromatic rings. The smallest absolute Gasteiger partial charge is 0.250 e. The molecule has 2 aliphatic heterocycles. The number of likely N-dealkylation sites (tertiary alicyclic amines) is 1. The van der Waals surface area contributed by atoms with Crippen molar-refractivity contribution in [2.24, 2.45) is 5.92 Å². The van der Waals surface area contributed by atoms with E-state index in [1.54, 1.807) is 17.0 Å². The van der Waals surface area contributed by atoms with Crippen LogP contribution in [-0.4, -0.2) is 28.5 Å². The molecule has 2 bridgehead atoms. The van der Waals surface area contributed by atoms with Gasteiger partial charge in [-0.1, -0.05) is 31.5 Å². The van der Waals surface area contributed by atoms with E-state index in [-0.39, 0.29) is 41.3 Å². The molecule has 148 valence electrons. The highest BCUT2D eigenvalue weighted by Gasteiger charge is 2.41. The van der Waals surface area contributed by atoms with Crippen LogP contribution < -0.4 is 5.56 Å². The highest BCUT2D eigenvalue weighted by atomic mass is 19.2. The molecule has 4 nitrogen and oxygen atoms in total. The van der Waals surface area contributed by atoms with Crippen LogP contribution in [0, 0.1) is 17.6 Å². The molecule has 1 saturated heterocycles. The minimum absolute atomic E-state index is 0.0206. The van der Waals surface area contributed by atoms with Crippen molar-refractivity contribution in [2.75, 3.05) is 13.1 Å². The van der Waals surface area contributed by atoms with Crippen LogP contribution in [0.1, 0.15) is 49.4 Å². The van der Waals surface area contributed by atoms with E-state index >= 15 is 0 Å². The van der Waals surface area contributed by atoms with Crippen LogP contribution in [0.2, 0.25) is 0 Å². The van der Waals surface area contributed by atoms with Crippen LogP contribution in [0.25, 0.3) is 0 Å². The van der Waals surface area contributed by atoms with Gasteiger partial charge in [0.25, 0.3) is 5.56 Å². The van der Waals surface area contributed by atoms with Crippen molar-refractivity contribution < 1.29 is 13.6 Å². The lowest BCUT2D eigenvalue weighted by atomic mass is 9.77. The number of hydrogen-bond donors (Lipinski definition) is 0. The predicted octanol–water partition coefficient (Wildman–Crippen LogP) is 3.66. The molecule has 3 heterocycles. The fraction of sp³-hybridized carbons (Fsp3) is 0.455. The average Bonchev–Trinajstić information content (AvgIpc) is 2.68. The number of amides is 1. The van der Waals surface area contributed by atoms with Crippen LogP contribution in [0.5, 0.6) is 0 Å². The summed E-state index contributed by atoms with van der Waals surface area (Å²) in [5, 5.41) is 0. The van der Waals surface area contributed by atoms with Gasteiger partial charge >= 0.3 is 0 Å². The normalized spacial score (nSPS) is 23.4. The van der Waals surface area contributed by atoms with Gasteiger partial charge < -0.3 is 9.47 Å². The molecule has 0 unspecified atom stereocenters. The summed E-state index contributed by atoms with van der Waals surface area (Å²) in [6.07, 6.45) is 2.64. The molecule has 1 amide bonds. The van der Waals surface area contributed by atoms with E-state index in [9.17, 15) is 18.4 Å². The summed E-state index contributed by atoms with van der Waals surface area (Å²) < 4.78 is 29.4. The van der Waals surface area contributed by atoms with Gasteiger partial charge in [0, 0.05) is 42.4 Å². The molecule has 1 fully saturated rings. The lowest BCUT2D eigenvalue weighted by Gasteiger charge is -2.47. The number of halogens is 2. The van der Waals surface area contributed by atoms with Gasteiger partial charge in [-0.15, -0.1) is 0 Å². The first-order chi connectivity index (χ1) is 13.5. The Kier molecular flexibility index (Phi) is 5.04. The lowest BCUT2D eigenvalue weighted by Crippen LogP contribution is -2.51. The number of carbonyl (C=O) groups is 1. The van der Waals surface area contributed by atoms with Gasteiger partial charge in [0.05, 0.1) is 6.42 Å². The number of benzene rings is 1. The summed E-state index contributed by atoms with van der Waals surface area (Å²) in [6.45, 7) is 3.16. The van der Waals surface area contributed by atoms with Gasteiger partial charge in [0.2, 0.25) is 5.91 Å². The first-order valence-corrected chi connectivity index (χ1v) is 9.91. The predicted molar refractivity (Wildman–Crippen MR) is 102 cm³/mol. The zero-order valence-corrected chi connectivity index (χ0v) is 15.9. The van der Waals surface area contributed by atoms with Gasteiger partial charge in [-0.2, -0.15) is 0 Å². The minimum atomic E-state index is -0.950. The van der Waals surface area contributed by atoms with Gasteiger partial charge in [-0.25, -0.2) is 8.78 Å². The molecule has 0 aliphatic carbocycles. The van der Waals surface area contributed by atoms with Crippen molar-refractivity contribution in [3.05, 3.63) is 69.6 Å². The molecule has 0 saturated carbocycles. The molecule has 3 atom stereocenters. The van der Waals surface area contributed by atoms with Crippen molar-refractivity contribution in [3.63, 3.8) is 0 Å². The topological polar surface area (TPSA) is 42.3 Å². The van der Waals surface area contributed by atoms with E-state index in [1.807, 2.05) is 10.6 Å². The SMILES string of the molecule is CCC[C@H]1[C@H]2C[C@H](CN(C(=O)Cc3cccc(F)c3F)C2)c2cccc(=O)n21. The molecule has 0 N–H and O–H groups in total. The van der Waals surface area contributed by atoms with Crippen LogP contribution in [0.4, 0.5) is 8.78 Å². The fourth-order valence-electron chi connectivity index (χ4n) is 4.87. The number of pyridine rings is 1. The maximum Gasteiger partial charge on any atom is 0.250 e.